The average Bonchev–Trinajstić information content (AvgIpc) is 2.60. The van der Waals surface area contributed by atoms with Crippen molar-refractivity contribution in [2.24, 2.45) is 0 Å². The van der Waals surface area contributed by atoms with Gasteiger partial charge in [0, 0.05) is 6.54 Å². The number of hydrogen-bond acceptors (Lipinski definition) is 2. The van der Waals surface area contributed by atoms with Crippen LogP contribution in [0.2, 0.25) is 0 Å². The lowest BCUT2D eigenvalue weighted by molar-refractivity contribution is 0.265. The van der Waals surface area contributed by atoms with Gasteiger partial charge in [0.1, 0.15) is 0 Å². The number of nitrogens with one attached hydrogen (secondary N) is 1. The summed E-state index contributed by atoms with van der Waals surface area (Å²) in [6, 6.07) is 8.93. The highest BCUT2D eigenvalue weighted by molar-refractivity contribution is 5.27. The smallest absolute Gasteiger partial charge is 0.0236 e. The minimum absolute atomic E-state index is 1.14. The van der Waals surface area contributed by atoms with Gasteiger partial charge in [0.2, 0.25) is 0 Å². The lowest BCUT2D eigenvalue weighted by Gasteiger charge is -2.20. The largest absolute Gasteiger partial charge is 0.317 e. The molecule has 0 saturated carbocycles. The van der Waals surface area contributed by atoms with E-state index < -0.39 is 0 Å². The molecule has 1 N–H and O–H groups in total. The number of benzene rings is 1. The third-order valence-corrected chi connectivity index (χ3v) is 3.69. The fraction of sp³-hybridized carbons (Fsp3) is 0.625. The van der Waals surface area contributed by atoms with E-state index in [1.165, 1.54) is 44.3 Å². The van der Waals surface area contributed by atoms with Crippen LogP contribution in [0.1, 0.15) is 37.3 Å². The van der Waals surface area contributed by atoms with Crippen LogP contribution >= 0.6 is 0 Å². The number of fused-ring (bicyclic) bond motifs is 1. The summed E-state index contributed by atoms with van der Waals surface area (Å²) in [5.74, 6) is 0. The predicted molar refractivity (Wildman–Crippen MR) is 77.8 cm³/mol. The Hall–Kier alpha value is -0.860. The second-order valence-corrected chi connectivity index (χ2v) is 5.25. The molecule has 1 aromatic carbocycles. The van der Waals surface area contributed by atoms with Crippen molar-refractivity contribution >= 4 is 0 Å². The molecule has 0 spiro atoms. The van der Waals surface area contributed by atoms with Gasteiger partial charge in [0.25, 0.3) is 0 Å². The highest BCUT2D eigenvalue weighted by atomic mass is 15.1. The summed E-state index contributed by atoms with van der Waals surface area (Å²) in [5.41, 5.74) is 3.10. The second kappa shape index (κ2) is 7.55. The van der Waals surface area contributed by atoms with Gasteiger partial charge < -0.3 is 5.32 Å². The van der Waals surface area contributed by atoms with Crippen molar-refractivity contribution in [1.82, 2.24) is 10.2 Å². The van der Waals surface area contributed by atoms with Crippen molar-refractivity contribution in [1.29, 1.82) is 0 Å². The molecule has 0 bridgehead atoms. The molecule has 2 rings (SSSR count). The van der Waals surface area contributed by atoms with E-state index in [0.717, 1.165) is 19.6 Å². The van der Waals surface area contributed by atoms with Gasteiger partial charge in [-0.2, -0.15) is 0 Å². The van der Waals surface area contributed by atoms with Gasteiger partial charge in [-0.15, -0.1) is 0 Å². The Morgan fingerprint density at radius 2 is 2.00 bits per heavy atom. The first-order valence-electron chi connectivity index (χ1n) is 7.40. The third-order valence-electron chi connectivity index (χ3n) is 3.69. The summed E-state index contributed by atoms with van der Waals surface area (Å²) in [5, 5.41) is 3.48. The van der Waals surface area contributed by atoms with Crippen LogP contribution in [0.5, 0.6) is 0 Å². The number of rotatable bonds is 6. The predicted octanol–water partition coefficient (Wildman–Crippen LogP) is 2.82. The van der Waals surface area contributed by atoms with Gasteiger partial charge in [0.05, 0.1) is 0 Å². The zero-order valence-corrected chi connectivity index (χ0v) is 11.6. The van der Waals surface area contributed by atoms with Crippen molar-refractivity contribution < 1.29 is 0 Å². The first kappa shape index (κ1) is 13.6. The summed E-state index contributed by atoms with van der Waals surface area (Å²) in [4.78, 5) is 2.61. The molecule has 1 aliphatic heterocycles. The molecule has 18 heavy (non-hydrogen) atoms. The van der Waals surface area contributed by atoms with E-state index in [1.807, 2.05) is 0 Å². The second-order valence-electron chi connectivity index (χ2n) is 5.25. The lowest BCUT2D eigenvalue weighted by Crippen LogP contribution is -2.27. The van der Waals surface area contributed by atoms with Gasteiger partial charge in [-0.1, -0.05) is 31.2 Å². The lowest BCUT2D eigenvalue weighted by atomic mass is 10.0. The monoisotopic (exact) mass is 246 g/mol. The molecule has 0 saturated heterocycles. The number of nitrogens with zero attached hydrogens (tertiary/aromatic N) is 1. The van der Waals surface area contributed by atoms with Crippen molar-refractivity contribution in [3.05, 3.63) is 35.4 Å². The fourth-order valence-corrected chi connectivity index (χ4v) is 2.69. The van der Waals surface area contributed by atoms with Crippen molar-refractivity contribution in [3.63, 3.8) is 0 Å². The van der Waals surface area contributed by atoms with Gasteiger partial charge in [-0.25, -0.2) is 0 Å². The Morgan fingerprint density at radius 1 is 1.17 bits per heavy atom. The van der Waals surface area contributed by atoms with Crippen LogP contribution in [0.25, 0.3) is 0 Å². The maximum atomic E-state index is 3.48. The van der Waals surface area contributed by atoms with Gasteiger partial charge >= 0.3 is 0 Å². The van der Waals surface area contributed by atoms with E-state index in [4.69, 9.17) is 0 Å². The van der Waals surface area contributed by atoms with Gasteiger partial charge in [0.15, 0.2) is 0 Å². The standard InChI is InChI=1S/C16H26N2/c1-2-10-17-11-6-13-18-12-5-9-15-7-3-4-8-16(15)14-18/h3-4,7-8,17H,2,5-6,9-14H2,1H3. The summed E-state index contributed by atoms with van der Waals surface area (Å²) in [7, 11) is 0. The average molecular weight is 246 g/mol. The van der Waals surface area contributed by atoms with E-state index in [9.17, 15) is 0 Å². The van der Waals surface area contributed by atoms with E-state index in [0.29, 0.717) is 0 Å². The molecule has 100 valence electrons. The van der Waals surface area contributed by atoms with Gasteiger partial charge in [-0.05, 0) is 63.0 Å². The summed E-state index contributed by atoms with van der Waals surface area (Å²) in [6.45, 7) is 8.16. The molecule has 0 aromatic heterocycles. The third kappa shape index (κ3) is 4.11. The Balaban J connectivity index is 1.77. The van der Waals surface area contributed by atoms with E-state index >= 15 is 0 Å². The molecule has 1 heterocycles. The minimum Gasteiger partial charge on any atom is -0.317 e. The molecule has 2 nitrogen and oxygen atoms in total. The number of hydrogen-bond donors (Lipinski definition) is 1. The Kier molecular flexibility index (Phi) is 5.69. The Labute approximate surface area is 111 Å². The van der Waals surface area contributed by atoms with E-state index in [1.54, 1.807) is 5.56 Å². The molecule has 0 fully saturated rings. The van der Waals surface area contributed by atoms with Crippen molar-refractivity contribution in [2.75, 3.05) is 26.2 Å². The topological polar surface area (TPSA) is 15.3 Å². The Morgan fingerprint density at radius 3 is 2.83 bits per heavy atom. The normalized spacial score (nSPS) is 16.3. The van der Waals surface area contributed by atoms with Crippen LogP contribution in [0, 0.1) is 0 Å². The molecule has 0 amide bonds. The molecular formula is C16H26N2. The van der Waals surface area contributed by atoms with Crippen molar-refractivity contribution in [2.45, 2.75) is 39.2 Å². The molecule has 1 aliphatic rings. The zero-order valence-electron chi connectivity index (χ0n) is 11.6. The molecular weight excluding hydrogens is 220 g/mol. The van der Waals surface area contributed by atoms with Crippen LogP contribution in [-0.2, 0) is 13.0 Å². The van der Waals surface area contributed by atoms with Crippen LogP contribution in [0.15, 0.2) is 24.3 Å². The van der Waals surface area contributed by atoms with Crippen LogP contribution in [0.3, 0.4) is 0 Å². The fourth-order valence-electron chi connectivity index (χ4n) is 2.69. The van der Waals surface area contributed by atoms with E-state index in [2.05, 4.69) is 41.4 Å². The highest BCUT2D eigenvalue weighted by Gasteiger charge is 2.12. The minimum atomic E-state index is 1.14. The van der Waals surface area contributed by atoms with Crippen molar-refractivity contribution in [3.8, 4) is 0 Å². The first-order valence-corrected chi connectivity index (χ1v) is 7.40. The van der Waals surface area contributed by atoms with Crippen LogP contribution < -0.4 is 5.32 Å². The summed E-state index contributed by atoms with van der Waals surface area (Å²) in [6.07, 6.45) is 5.05. The molecule has 2 heteroatoms. The summed E-state index contributed by atoms with van der Waals surface area (Å²) < 4.78 is 0. The quantitative estimate of drug-likeness (QED) is 0.777. The molecule has 0 aliphatic carbocycles. The molecule has 0 unspecified atom stereocenters. The zero-order chi connectivity index (χ0) is 12.6. The maximum Gasteiger partial charge on any atom is 0.0236 e. The Bertz CT molecular complexity index is 349. The molecule has 0 atom stereocenters. The van der Waals surface area contributed by atoms with Crippen LogP contribution in [0.4, 0.5) is 0 Å². The molecule has 1 aromatic rings. The number of aryl methyl sites for hydroxylation is 1. The summed E-state index contributed by atoms with van der Waals surface area (Å²) >= 11 is 0. The molecule has 0 radical (unpaired) electrons. The SMILES string of the molecule is CCCNCCCN1CCCc2ccccc2C1. The highest BCUT2D eigenvalue weighted by Crippen LogP contribution is 2.18. The van der Waals surface area contributed by atoms with Crippen LogP contribution in [-0.4, -0.2) is 31.1 Å². The maximum absolute atomic E-state index is 3.48. The van der Waals surface area contributed by atoms with E-state index in [-0.39, 0.29) is 0 Å². The first-order chi connectivity index (χ1) is 8.90. The van der Waals surface area contributed by atoms with Gasteiger partial charge in [-0.3, -0.25) is 4.90 Å².